The summed E-state index contributed by atoms with van der Waals surface area (Å²) in [5.41, 5.74) is -0.681. The number of nitrogens with zero attached hydrogens (tertiary/aromatic N) is 7. The van der Waals surface area contributed by atoms with Crippen LogP contribution in [0.3, 0.4) is 0 Å². The number of aromatic nitrogens is 3. The zero-order valence-corrected chi connectivity index (χ0v) is 28.1. The molecular formula is C37H39F4N7O2. The fourth-order valence-electron chi connectivity index (χ4n) is 8.21. The summed E-state index contributed by atoms with van der Waals surface area (Å²) in [6, 6.07) is 7.27. The van der Waals surface area contributed by atoms with Crippen LogP contribution in [0.5, 0.6) is 6.01 Å². The second-order valence-corrected chi connectivity index (χ2v) is 14.2. The minimum atomic E-state index is -1.09. The van der Waals surface area contributed by atoms with E-state index in [1.165, 1.54) is 18.3 Å². The van der Waals surface area contributed by atoms with Crippen LogP contribution in [0.15, 0.2) is 48.7 Å². The molecular weight excluding hydrogens is 650 g/mol. The van der Waals surface area contributed by atoms with Crippen molar-refractivity contribution in [1.82, 2.24) is 29.7 Å². The molecule has 0 saturated carbocycles. The Bertz CT molecular complexity index is 2010. The molecule has 6 heterocycles. The number of rotatable bonds is 8. The third-order valence-electron chi connectivity index (χ3n) is 11.2. The molecule has 2 aromatic heterocycles. The van der Waals surface area contributed by atoms with Crippen molar-refractivity contribution in [2.45, 2.75) is 55.9 Å². The van der Waals surface area contributed by atoms with Crippen molar-refractivity contribution < 1.29 is 27.1 Å². The Balaban J connectivity index is 1.16. The van der Waals surface area contributed by atoms with E-state index in [4.69, 9.17) is 9.72 Å². The number of anilines is 1. The van der Waals surface area contributed by atoms with Crippen LogP contribution in [0.25, 0.3) is 32.9 Å². The highest BCUT2D eigenvalue weighted by Crippen LogP contribution is 2.41. The summed E-state index contributed by atoms with van der Waals surface area (Å²) < 4.78 is 67.0. The van der Waals surface area contributed by atoms with Gasteiger partial charge in [-0.15, -0.1) is 0 Å². The summed E-state index contributed by atoms with van der Waals surface area (Å²) >= 11 is 0. The second-order valence-electron chi connectivity index (χ2n) is 14.2. The largest absolute Gasteiger partial charge is 0.461 e. The van der Waals surface area contributed by atoms with Crippen molar-refractivity contribution in [2.24, 2.45) is 0 Å². The Kier molecular flexibility index (Phi) is 8.37. The summed E-state index contributed by atoms with van der Waals surface area (Å²) in [5.74, 6) is -2.67. The lowest BCUT2D eigenvalue weighted by Crippen LogP contribution is -2.43. The van der Waals surface area contributed by atoms with E-state index >= 15 is 8.78 Å². The van der Waals surface area contributed by atoms with Crippen molar-refractivity contribution in [3.05, 3.63) is 66.1 Å². The van der Waals surface area contributed by atoms with Gasteiger partial charge in [0.15, 0.2) is 17.5 Å². The number of fused-ring (bicyclic) bond motifs is 3. The molecule has 0 spiro atoms. The van der Waals surface area contributed by atoms with Gasteiger partial charge < -0.3 is 14.5 Å². The summed E-state index contributed by atoms with van der Waals surface area (Å²) in [6.45, 7) is 3.28. The van der Waals surface area contributed by atoms with Crippen molar-refractivity contribution >= 4 is 33.4 Å². The Hall–Kier alpha value is -4.36. The van der Waals surface area contributed by atoms with Gasteiger partial charge in [-0.05, 0) is 50.7 Å². The lowest BCUT2D eigenvalue weighted by molar-refractivity contribution is -0.125. The molecule has 8 rings (SSSR count). The van der Waals surface area contributed by atoms with Gasteiger partial charge in [0.1, 0.15) is 29.8 Å². The van der Waals surface area contributed by atoms with E-state index in [0.717, 1.165) is 38.4 Å². The van der Waals surface area contributed by atoms with Crippen LogP contribution < -0.4 is 9.64 Å². The van der Waals surface area contributed by atoms with Crippen molar-refractivity contribution in [3.8, 4) is 17.3 Å². The molecule has 4 saturated heterocycles. The number of ether oxygens (including phenoxy) is 1. The number of likely N-dealkylation sites (N-methyl/N-ethyl adjacent to an activating group) is 2. The molecule has 0 aliphatic carbocycles. The van der Waals surface area contributed by atoms with Crippen LogP contribution in [0.4, 0.5) is 23.4 Å². The fourth-order valence-corrected chi connectivity index (χ4v) is 8.21. The van der Waals surface area contributed by atoms with E-state index in [0.29, 0.717) is 49.1 Å². The molecule has 262 valence electrons. The Morgan fingerprint density at radius 3 is 2.74 bits per heavy atom. The fraction of sp³-hybridized carbons (Fsp3) is 0.459. The maximum Gasteiger partial charge on any atom is 0.319 e. The molecule has 4 fully saturated rings. The SMILES string of the molecule is CN1CC[C@@H]1/C=C/C(=O)N1CC[C@@H](N(C)c2nc(OCC34CCCN3C[C@H](F)C4)nc3c(F)c(-c4cccc5ccc(F)c(F)c45)ncc23)C1. The predicted octanol–water partition coefficient (Wildman–Crippen LogP) is 5.51. The number of hydrogen-bond donors (Lipinski definition) is 0. The number of alkyl halides is 1. The van der Waals surface area contributed by atoms with E-state index in [-0.39, 0.29) is 52.8 Å². The maximum atomic E-state index is 16.7. The third-order valence-corrected chi connectivity index (χ3v) is 11.2. The average molecular weight is 690 g/mol. The third kappa shape index (κ3) is 5.64. The van der Waals surface area contributed by atoms with Gasteiger partial charge in [0.25, 0.3) is 0 Å². The quantitative estimate of drug-likeness (QED) is 0.177. The topological polar surface area (TPSA) is 77.9 Å². The Labute approximate surface area is 287 Å². The highest BCUT2D eigenvalue weighted by Gasteiger charge is 2.49. The number of carbonyl (C=O) groups is 1. The minimum Gasteiger partial charge on any atom is -0.461 e. The van der Waals surface area contributed by atoms with Crippen molar-refractivity contribution in [3.63, 3.8) is 0 Å². The van der Waals surface area contributed by atoms with Crippen molar-refractivity contribution in [2.75, 3.05) is 58.3 Å². The number of halogens is 4. The molecule has 0 bridgehead atoms. The van der Waals surface area contributed by atoms with E-state index in [9.17, 15) is 13.6 Å². The van der Waals surface area contributed by atoms with Crippen molar-refractivity contribution in [1.29, 1.82) is 0 Å². The van der Waals surface area contributed by atoms with Crippen LogP contribution in [0, 0.1) is 17.5 Å². The van der Waals surface area contributed by atoms with Crippen LogP contribution in [0.2, 0.25) is 0 Å². The Morgan fingerprint density at radius 2 is 1.94 bits per heavy atom. The van der Waals surface area contributed by atoms with Crippen LogP contribution >= 0.6 is 0 Å². The molecule has 2 aromatic carbocycles. The first-order valence-electron chi connectivity index (χ1n) is 17.3. The minimum absolute atomic E-state index is 0.0583. The number of benzene rings is 2. The molecule has 0 radical (unpaired) electrons. The average Bonchev–Trinajstić information content (AvgIpc) is 3.83. The van der Waals surface area contributed by atoms with Crippen LogP contribution in [0.1, 0.15) is 32.1 Å². The number of hydrogen-bond acceptors (Lipinski definition) is 8. The molecule has 9 nitrogen and oxygen atoms in total. The molecule has 4 atom stereocenters. The van der Waals surface area contributed by atoms with Gasteiger partial charge in [-0.3, -0.25) is 19.6 Å². The molecule has 13 heteroatoms. The molecule has 4 aromatic rings. The first-order chi connectivity index (χ1) is 24.1. The zero-order chi connectivity index (χ0) is 34.7. The van der Waals surface area contributed by atoms with Gasteiger partial charge in [-0.25, -0.2) is 17.6 Å². The van der Waals surface area contributed by atoms with Crippen LogP contribution in [-0.4, -0.2) is 113 Å². The van der Waals surface area contributed by atoms with E-state index in [2.05, 4.69) is 19.8 Å². The first kappa shape index (κ1) is 32.8. The lowest BCUT2D eigenvalue weighted by Gasteiger charge is -2.35. The highest BCUT2D eigenvalue weighted by atomic mass is 19.2. The summed E-state index contributed by atoms with van der Waals surface area (Å²) in [4.78, 5) is 34.7. The smallest absolute Gasteiger partial charge is 0.319 e. The first-order valence-corrected chi connectivity index (χ1v) is 17.3. The van der Waals surface area contributed by atoms with Gasteiger partial charge in [0.2, 0.25) is 5.91 Å². The molecule has 4 aliphatic rings. The summed E-state index contributed by atoms with van der Waals surface area (Å²) in [5, 5.41) is 0.612. The standard InChI is InChI=1S/C37H39F4N7O2/c1-45-15-11-24(45)8-10-29(49)47-16-12-25(20-47)46(2)35-27-18-42-33(26-6-3-5-22-7-9-28(39)31(40)30(22)26)32(41)34(27)43-36(44-35)50-21-37-13-4-14-48(37)19-23(38)17-37/h3,5-10,18,23-25H,4,11-17,19-21H2,1-2H3/b10-8+/t23-,24+,25-,37?/m1/s1. The number of likely N-dealkylation sites (tertiary alicyclic amines) is 2. The van der Waals surface area contributed by atoms with E-state index in [1.807, 2.05) is 25.1 Å². The van der Waals surface area contributed by atoms with Gasteiger partial charge in [-0.2, -0.15) is 9.97 Å². The van der Waals surface area contributed by atoms with Gasteiger partial charge >= 0.3 is 6.01 Å². The summed E-state index contributed by atoms with van der Waals surface area (Å²) in [7, 11) is 3.86. The highest BCUT2D eigenvalue weighted by molar-refractivity contribution is 5.99. The molecule has 4 aliphatic heterocycles. The zero-order valence-electron chi connectivity index (χ0n) is 28.1. The van der Waals surface area contributed by atoms with Gasteiger partial charge in [-0.1, -0.05) is 30.3 Å². The molecule has 50 heavy (non-hydrogen) atoms. The molecule has 1 amide bonds. The normalized spacial score (nSPS) is 25.6. The van der Waals surface area contributed by atoms with Gasteiger partial charge in [0.05, 0.1) is 10.9 Å². The number of pyridine rings is 1. The summed E-state index contributed by atoms with van der Waals surface area (Å²) in [6.07, 6.45) is 7.83. The van der Waals surface area contributed by atoms with E-state index < -0.39 is 29.2 Å². The Morgan fingerprint density at radius 1 is 1.08 bits per heavy atom. The number of amides is 1. The van der Waals surface area contributed by atoms with Gasteiger partial charge in [0, 0.05) is 75.0 Å². The predicted molar refractivity (Wildman–Crippen MR) is 182 cm³/mol. The second kappa shape index (κ2) is 12.8. The number of carbonyl (C=O) groups excluding carboxylic acids is 1. The van der Waals surface area contributed by atoms with E-state index in [1.54, 1.807) is 23.1 Å². The van der Waals surface area contributed by atoms with Crippen LogP contribution in [-0.2, 0) is 4.79 Å². The lowest BCUT2D eigenvalue weighted by atomic mass is 9.95. The monoisotopic (exact) mass is 689 g/mol. The maximum absolute atomic E-state index is 16.7. The molecule has 1 unspecified atom stereocenters. The molecule has 0 N–H and O–H groups in total.